The first-order chi connectivity index (χ1) is 9.58. The normalized spacial score (nSPS) is 27.6. The number of oxime groups is 1. The zero-order valence-corrected chi connectivity index (χ0v) is 13.1. The van der Waals surface area contributed by atoms with Crippen LogP contribution >= 0.6 is 0 Å². The van der Waals surface area contributed by atoms with Crippen LogP contribution in [0.2, 0.25) is 0 Å². The Morgan fingerprint density at radius 1 is 1.24 bits per heavy atom. The third kappa shape index (κ3) is 3.95. The van der Waals surface area contributed by atoms with E-state index in [1.165, 1.54) is 0 Å². The average molecular weight is 296 g/mol. The van der Waals surface area contributed by atoms with E-state index < -0.39 is 12.1 Å². The minimum absolute atomic E-state index is 0.0284. The predicted octanol–water partition coefficient (Wildman–Crippen LogP) is 1.94. The molecule has 1 heterocycles. The Balaban J connectivity index is 1.93. The van der Waals surface area contributed by atoms with Crippen LogP contribution in [0.25, 0.3) is 0 Å². The number of nitrogens with zero attached hydrogens (tertiary/aromatic N) is 1. The molecule has 21 heavy (non-hydrogen) atoms. The van der Waals surface area contributed by atoms with Crippen molar-refractivity contribution in [1.82, 2.24) is 5.32 Å². The van der Waals surface area contributed by atoms with Gasteiger partial charge in [0.2, 0.25) is 6.10 Å². The summed E-state index contributed by atoms with van der Waals surface area (Å²) < 4.78 is 0. The summed E-state index contributed by atoms with van der Waals surface area (Å²) in [5, 5.41) is 15.3. The summed E-state index contributed by atoms with van der Waals surface area (Å²) in [6, 6.07) is 0.0914. The van der Waals surface area contributed by atoms with Crippen LogP contribution in [0.3, 0.4) is 0 Å². The van der Waals surface area contributed by atoms with Gasteiger partial charge in [0.25, 0.3) is 5.91 Å². The number of carbonyl (C=O) groups is 2. The van der Waals surface area contributed by atoms with Gasteiger partial charge in [0, 0.05) is 12.5 Å². The second-order valence-corrected chi connectivity index (χ2v) is 7.76. The zero-order valence-electron chi connectivity index (χ0n) is 13.1. The maximum atomic E-state index is 12.2. The van der Waals surface area contributed by atoms with Crippen LogP contribution in [0.4, 0.5) is 0 Å². The average Bonchev–Trinajstić information content (AvgIpc) is 2.72. The van der Waals surface area contributed by atoms with E-state index in [-0.39, 0.29) is 34.9 Å². The Bertz CT molecular complexity index is 466. The van der Waals surface area contributed by atoms with Gasteiger partial charge in [-0.1, -0.05) is 32.9 Å². The molecule has 2 aliphatic rings. The highest BCUT2D eigenvalue weighted by molar-refractivity contribution is 6.36. The Morgan fingerprint density at radius 3 is 2.29 bits per heavy atom. The molecule has 1 fully saturated rings. The number of aliphatic carboxylic acids is 1. The number of carboxylic acid groups (broad SMARTS) is 1. The van der Waals surface area contributed by atoms with E-state index in [1.54, 1.807) is 0 Å². The zero-order chi connectivity index (χ0) is 15.8. The van der Waals surface area contributed by atoms with Crippen molar-refractivity contribution >= 4 is 17.6 Å². The lowest BCUT2D eigenvalue weighted by Gasteiger charge is -2.45. The van der Waals surface area contributed by atoms with E-state index in [2.05, 4.69) is 38.2 Å². The van der Waals surface area contributed by atoms with Crippen molar-refractivity contribution in [2.75, 3.05) is 0 Å². The molecule has 2 N–H and O–H groups in total. The number of hydrogen-bond acceptors (Lipinski definition) is 4. The van der Waals surface area contributed by atoms with E-state index in [1.807, 2.05) is 0 Å². The van der Waals surface area contributed by atoms with Crippen LogP contribution in [0.15, 0.2) is 5.16 Å². The molecule has 0 aromatic carbocycles. The van der Waals surface area contributed by atoms with Crippen LogP contribution in [0.5, 0.6) is 0 Å². The van der Waals surface area contributed by atoms with Gasteiger partial charge in [0.05, 0.1) is 0 Å². The summed E-state index contributed by atoms with van der Waals surface area (Å²) in [7, 11) is 0. The number of amides is 1. The highest BCUT2D eigenvalue weighted by Crippen LogP contribution is 2.45. The number of hydrogen-bond donors (Lipinski definition) is 2. The van der Waals surface area contributed by atoms with Gasteiger partial charge >= 0.3 is 5.97 Å². The summed E-state index contributed by atoms with van der Waals surface area (Å²) in [5.41, 5.74) is 0.261. The highest BCUT2D eigenvalue weighted by atomic mass is 16.6. The molecule has 0 aromatic rings. The number of nitrogens with one attached hydrogen (secondary N) is 1. The fraction of sp³-hybridized carbons (Fsp3) is 0.800. The largest absolute Gasteiger partial charge is 0.477 e. The van der Waals surface area contributed by atoms with Gasteiger partial charge in [-0.2, -0.15) is 0 Å². The first kappa shape index (κ1) is 15.8. The molecule has 1 saturated carbocycles. The van der Waals surface area contributed by atoms with Crippen LogP contribution in [-0.4, -0.2) is 34.8 Å². The van der Waals surface area contributed by atoms with Gasteiger partial charge < -0.3 is 15.3 Å². The molecule has 6 nitrogen and oxygen atoms in total. The molecular weight excluding hydrogens is 272 g/mol. The fourth-order valence-corrected chi connectivity index (χ4v) is 3.89. The molecule has 0 spiro atoms. The van der Waals surface area contributed by atoms with E-state index >= 15 is 0 Å². The Hall–Kier alpha value is -1.59. The second-order valence-electron chi connectivity index (χ2n) is 7.76. The van der Waals surface area contributed by atoms with Crippen molar-refractivity contribution in [3.8, 4) is 0 Å². The number of carboxylic acids is 1. The molecule has 2 rings (SSSR count). The van der Waals surface area contributed by atoms with Crippen molar-refractivity contribution in [3.63, 3.8) is 0 Å². The molecule has 1 unspecified atom stereocenters. The molecule has 1 aliphatic heterocycles. The minimum Gasteiger partial charge on any atom is -0.477 e. The monoisotopic (exact) mass is 296 g/mol. The van der Waals surface area contributed by atoms with Gasteiger partial charge in [-0.25, -0.2) is 4.79 Å². The van der Waals surface area contributed by atoms with E-state index in [9.17, 15) is 9.59 Å². The van der Waals surface area contributed by atoms with Gasteiger partial charge in [-0.3, -0.25) is 4.79 Å². The van der Waals surface area contributed by atoms with Crippen molar-refractivity contribution in [2.45, 2.75) is 65.5 Å². The summed E-state index contributed by atoms with van der Waals surface area (Å²) in [6.07, 6.45) is 2.17. The maximum absolute atomic E-state index is 12.2. The van der Waals surface area contributed by atoms with Crippen LogP contribution in [0.1, 0.15) is 53.4 Å². The summed E-state index contributed by atoms with van der Waals surface area (Å²) in [4.78, 5) is 27.9. The van der Waals surface area contributed by atoms with Gasteiger partial charge in [0.1, 0.15) is 0 Å². The molecule has 1 amide bonds. The van der Waals surface area contributed by atoms with Gasteiger partial charge in [0.15, 0.2) is 5.71 Å². The maximum Gasteiger partial charge on any atom is 0.353 e. The van der Waals surface area contributed by atoms with E-state index in [4.69, 9.17) is 9.94 Å². The molecule has 0 saturated heterocycles. The molecular formula is C15H24N2O4. The molecule has 0 radical (unpaired) electrons. The molecule has 118 valence electrons. The molecule has 6 heteroatoms. The second kappa shape index (κ2) is 5.31. The highest BCUT2D eigenvalue weighted by Gasteiger charge is 2.40. The first-order valence-electron chi connectivity index (χ1n) is 7.34. The lowest BCUT2D eigenvalue weighted by atomic mass is 9.63. The molecule has 1 aliphatic carbocycles. The van der Waals surface area contributed by atoms with Crippen molar-refractivity contribution in [2.24, 2.45) is 16.0 Å². The van der Waals surface area contributed by atoms with Crippen molar-refractivity contribution < 1.29 is 19.5 Å². The predicted molar refractivity (Wildman–Crippen MR) is 77.9 cm³/mol. The van der Waals surface area contributed by atoms with E-state index in [0.717, 1.165) is 19.3 Å². The Morgan fingerprint density at radius 2 is 1.81 bits per heavy atom. The summed E-state index contributed by atoms with van der Waals surface area (Å²) in [6.45, 7) is 8.85. The quantitative estimate of drug-likeness (QED) is 0.833. The topological polar surface area (TPSA) is 88.0 Å². The van der Waals surface area contributed by atoms with E-state index in [0.29, 0.717) is 0 Å². The Kier molecular flexibility index (Phi) is 4.00. The smallest absolute Gasteiger partial charge is 0.353 e. The fourth-order valence-electron chi connectivity index (χ4n) is 3.89. The van der Waals surface area contributed by atoms with Crippen LogP contribution in [0, 0.1) is 10.8 Å². The standard InChI is InChI=1S/C15H24N2O4/c1-14(2)6-9(7-15(3,4)8-14)16-12(18)11-5-10(13(19)20)17-21-11/h9,11H,5-8H2,1-4H3,(H,16,18)(H,19,20). The van der Waals surface area contributed by atoms with Crippen molar-refractivity contribution in [1.29, 1.82) is 0 Å². The first-order valence-corrected chi connectivity index (χ1v) is 7.34. The van der Waals surface area contributed by atoms with Gasteiger partial charge in [-0.05, 0) is 30.1 Å². The molecule has 0 bridgehead atoms. The lowest BCUT2D eigenvalue weighted by Crippen LogP contribution is -2.48. The summed E-state index contributed by atoms with van der Waals surface area (Å²) in [5.74, 6) is -1.40. The summed E-state index contributed by atoms with van der Waals surface area (Å²) >= 11 is 0. The van der Waals surface area contributed by atoms with Crippen LogP contribution < -0.4 is 5.32 Å². The number of carbonyl (C=O) groups excluding carboxylic acids is 1. The van der Waals surface area contributed by atoms with Crippen LogP contribution in [-0.2, 0) is 14.4 Å². The van der Waals surface area contributed by atoms with Gasteiger partial charge in [-0.15, -0.1) is 0 Å². The third-order valence-electron chi connectivity index (χ3n) is 4.11. The number of rotatable bonds is 3. The minimum atomic E-state index is -1.13. The SMILES string of the molecule is CC1(C)CC(NC(=O)C2CC(C(=O)O)=NO2)CC(C)(C)C1. The molecule has 0 aromatic heterocycles. The third-order valence-corrected chi connectivity index (χ3v) is 4.11. The Labute approximate surface area is 124 Å². The lowest BCUT2D eigenvalue weighted by molar-refractivity contribution is -0.132. The molecule has 1 atom stereocenters. The van der Waals surface area contributed by atoms with Crippen molar-refractivity contribution in [3.05, 3.63) is 0 Å².